The Hall–Kier alpha value is -3.67. The third-order valence-corrected chi connectivity index (χ3v) is 5.25. The molecule has 0 radical (unpaired) electrons. The summed E-state index contributed by atoms with van der Waals surface area (Å²) in [6, 6.07) is 0.799. The molecule has 0 saturated carbocycles. The zero-order chi connectivity index (χ0) is 27.6. The molecule has 36 heavy (non-hydrogen) atoms. The number of hydrogen-bond donors (Lipinski definition) is 7. The number of rotatable bonds is 13. The van der Waals surface area contributed by atoms with Gasteiger partial charge >= 0.3 is 5.97 Å². The topological polar surface area (TPSA) is 200 Å². The Morgan fingerprint density at radius 3 is 1.67 bits per heavy atom. The molecule has 4 amide bonds. The van der Waals surface area contributed by atoms with Gasteiger partial charge in [-0.2, -0.15) is 0 Å². The highest BCUT2D eigenvalue weighted by molar-refractivity contribution is 5.95. The van der Waals surface area contributed by atoms with E-state index in [0.29, 0.717) is 5.56 Å². The number of carbonyl (C=O) groups excluding carboxylic acids is 4. The van der Waals surface area contributed by atoms with E-state index in [4.69, 9.17) is 5.73 Å². The summed E-state index contributed by atoms with van der Waals surface area (Å²) in [4.78, 5) is 61.4. The Labute approximate surface area is 210 Å². The van der Waals surface area contributed by atoms with Crippen LogP contribution >= 0.6 is 0 Å². The molecule has 8 N–H and O–H groups in total. The Balaban J connectivity index is 2.80. The third-order valence-electron chi connectivity index (χ3n) is 5.25. The minimum atomic E-state index is -1.26. The van der Waals surface area contributed by atoms with Crippen molar-refractivity contribution in [3.05, 3.63) is 29.8 Å². The van der Waals surface area contributed by atoms with Gasteiger partial charge < -0.3 is 37.2 Å². The average molecular weight is 508 g/mol. The normalized spacial score (nSPS) is 15.1. The van der Waals surface area contributed by atoms with E-state index in [1.54, 1.807) is 12.1 Å². The Morgan fingerprint density at radius 2 is 1.22 bits per heavy atom. The van der Waals surface area contributed by atoms with Crippen molar-refractivity contribution in [3.8, 4) is 5.75 Å². The number of amides is 4. The van der Waals surface area contributed by atoms with Gasteiger partial charge in [0.05, 0.1) is 6.04 Å². The second kappa shape index (κ2) is 14.0. The molecule has 1 aromatic carbocycles. The van der Waals surface area contributed by atoms with Crippen LogP contribution in [-0.2, 0) is 30.4 Å². The molecule has 1 rings (SSSR count). The third kappa shape index (κ3) is 10.3. The second-order valence-corrected chi connectivity index (χ2v) is 9.21. The van der Waals surface area contributed by atoms with E-state index in [9.17, 15) is 34.2 Å². The number of aliphatic carboxylic acids is 1. The molecule has 0 aliphatic rings. The predicted octanol–water partition coefficient (Wildman–Crippen LogP) is -0.608. The maximum absolute atomic E-state index is 12.9. The first kappa shape index (κ1) is 30.4. The molecule has 0 aliphatic heterocycles. The minimum absolute atomic E-state index is 0.0147. The van der Waals surface area contributed by atoms with Crippen LogP contribution in [0.4, 0.5) is 0 Å². The summed E-state index contributed by atoms with van der Waals surface area (Å²) in [5.41, 5.74) is 6.08. The first-order chi connectivity index (χ1) is 16.7. The summed E-state index contributed by atoms with van der Waals surface area (Å²) in [6.45, 7) is 8.03. The standard InChI is InChI=1S/C24H37N5O7/c1-12(2)10-18(28-21(32)14(4)26-20(31)13(3)25)23(34)27-15(5)22(33)29-19(24(35)36)11-16-6-8-17(30)9-7-16/h6-9,12-15,18-19,30H,10-11,25H2,1-5H3,(H,26,31)(H,27,34)(H,28,32)(H,29,33)(H,35,36). The fourth-order valence-electron chi connectivity index (χ4n) is 3.15. The smallest absolute Gasteiger partial charge is 0.326 e. The summed E-state index contributed by atoms with van der Waals surface area (Å²) in [7, 11) is 0. The van der Waals surface area contributed by atoms with Gasteiger partial charge in [-0.1, -0.05) is 26.0 Å². The highest BCUT2D eigenvalue weighted by Gasteiger charge is 2.29. The number of carboxylic acids is 1. The quantitative estimate of drug-likeness (QED) is 0.183. The minimum Gasteiger partial charge on any atom is -0.508 e. The lowest BCUT2D eigenvalue weighted by Gasteiger charge is -2.25. The van der Waals surface area contributed by atoms with Gasteiger partial charge in [0.2, 0.25) is 23.6 Å². The van der Waals surface area contributed by atoms with Crippen molar-refractivity contribution in [1.82, 2.24) is 21.3 Å². The molecule has 1 aromatic rings. The van der Waals surface area contributed by atoms with Crippen LogP contribution in [0.3, 0.4) is 0 Å². The number of carboxylic acid groups (broad SMARTS) is 1. The zero-order valence-corrected chi connectivity index (χ0v) is 21.2. The van der Waals surface area contributed by atoms with E-state index in [1.807, 2.05) is 13.8 Å². The number of aromatic hydroxyl groups is 1. The summed E-state index contributed by atoms with van der Waals surface area (Å²) in [5.74, 6) is -3.68. The zero-order valence-electron chi connectivity index (χ0n) is 21.2. The van der Waals surface area contributed by atoms with Crippen LogP contribution < -0.4 is 27.0 Å². The summed E-state index contributed by atoms with van der Waals surface area (Å²) in [5, 5.41) is 28.8. The van der Waals surface area contributed by atoms with E-state index in [1.165, 1.54) is 32.9 Å². The monoisotopic (exact) mass is 507 g/mol. The molecular formula is C24H37N5O7. The molecule has 5 atom stereocenters. The van der Waals surface area contributed by atoms with Crippen LogP contribution in [0.25, 0.3) is 0 Å². The van der Waals surface area contributed by atoms with Gasteiger partial charge in [0.25, 0.3) is 0 Å². The predicted molar refractivity (Wildman–Crippen MR) is 132 cm³/mol. The van der Waals surface area contributed by atoms with E-state index >= 15 is 0 Å². The van der Waals surface area contributed by atoms with E-state index in [-0.39, 0.29) is 24.5 Å². The maximum atomic E-state index is 12.9. The lowest BCUT2D eigenvalue weighted by atomic mass is 10.0. The molecule has 0 aliphatic carbocycles. The molecule has 0 bridgehead atoms. The maximum Gasteiger partial charge on any atom is 0.326 e. The van der Waals surface area contributed by atoms with Gasteiger partial charge in [-0.25, -0.2) is 4.79 Å². The van der Waals surface area contributed by atoms with E-state index < -0.39 is 59.8 Å². The Morgan fingerprint density at radius 1 is 0.750 bits per heavy atom. The van der Waals surface area contributed by atoms with Crippen molar-refractivity contribution < 1.29 is 34.2 Å². The average Bonchev–Trinajstić information content (AvgIpc) is 2.78. The van der Waals surface area contributed by atoms with Gasteiger partial charge in [0, 0.05) is 6.42 Å². The number of nitrogens with two attached hydrogens (primary N) is 1. The van der Waals surface area contributed by atoms with Crippen molar-refractivity contribution in [2.24, 2.45) is 11.7 Å². The molecule has 5 unspecified atom stereocenters. The van der Waals surface area contributed by atoms with Crippen molar-refractivity contribution in [2.75, 3.05) is 0 Å². The largest absolute Gasteiger partial charge is 0.508 e. The molecule has 0 saturated heterocycles. The highest BCUT2D eigenvalue weighted by atomic mass is 16.4. The fourth-order valence-corrected chi connectivity index (χ4v) is 3.15. The number of benzene rings is 1. The first-order valence-electron chi connectivity index (χ1n) is 11.7. The lowest BCUT2D eigenvalue weighted by Crippen LogP contribution is -2.57. The Kier molecular flexibility index (Phi) is 11.8. The van der Waals surface area contributed by atoms with Crippen molar-refractivity contribution in [3.63, 3.8) is 0 Å². The van der Waals surface area contributed by atoms with Crippen LogP contribution in [0.2, 0.25) is 0 Å². The molecule has 0 spiro atoms. The Bertz CT molecular complexity index is 933. The summed E-state index contributed by atoms with van der Waals surface area (Å²) < 4.78 is 0. The SMILES string of the molecule is CC(C)CC(NC(=O)C(C)NC(=O)C(C)N)C(=O)NC(C)C(=O)NC(Cc1ccc(O)cc1)C(=O)O. The summed E-state index contributed by atoms with van der Waals surface area (Å²) >= 11 is 0. The van der Waals surface area contributed by atoms with Gasteiger partial charge in [0.15, 0.2) is 0 Å². The molecule has 12 nitrogen and oxygen atoms in total. The first-order valence-corrected chi connectivity index (χ1v) is 11.7. The molecule has 0 heterocycles. The van der Waals surface area contributed by atoms with Gasteiger partial charge in [0.1, 0.15) is 29.9 Å². The number of nitrogens with one attached hydrogen (secondary N) is 4. The van der Waals surface area contributed by atoms with Gasteiger partial charge in [-0.05, 0) is 50.8 Å². The van der Waals surface area contributed by atoms with E-state index in [0.717, 1.165) is 0 Å². The van der Waals surface area contributed by atoms with Gasteiger partial charge in [-0.3, -0.25) is 19.2 Å². The molecule has 0 fully saturated rings. The molecule has 12 heteroatoms. The van der Waals surface area contributed by atoms with Crippen LogP contribution in [0.15, 0.2) is 24.3 Å². The number of phenols is 1. The number of phenolic OH excluding ortho intramolecular Hbond substituents is 1. The second-order valence-electron chi connectivity index (χ2n) is 9.21. The van der Waals surface area contributed by atoms with Crippen LogP contribution in [0.1, 0.15) is 46.6 Å². The van der Waals surface area contributed by atoms with Crippen LogP contribution in [0.5, 0.6) is 5.75 Å². The van der Waals surface area contributed by atoms with Crippen molar-refractivity contribution in [1.29, 1.82) is 0 Å². The summed E-state index contributed by atoms with van der Waals surface area (Å²) in [6.07, 6.45) is 0.234. The van der Waals surface area contributed by atoms with E-state index in [2.05, 4.69) is 21.3 Å². The highest BCUT2D eigenvalue weighted by Crippen LogP contribution is 2.12. The molecule has 0 aromatic heterocycles. The van der Waals surface area contributed by atoms with Crippen LogP contribution in [0, 0.1) is 5.92 Å². The fraction of sp³-hybridized carbons (Fsp3) is 0.542. The molecular weight excluding hydrogens is 470 g/mol. The lowest BCUT2D eigenvalue weighted by molar-refractivity contribution is -0.142. The number of hydrogen-bond acceptors (Lipinski definition) is 7. The number of carbonyl (C=O) groups is 5. The van der Waals surface area contributed by atoms with Crippen molar-refractivity contribution >= 4 is 29.6 Å². The molecule has 200 valence electrons. The van der Waals surface area contributed by atoms with Crippen molar-refractivity contribution in [2.45, 2.75) is 77.7 Å². The van der Waals surface area contributed by atoms with Gasteiger partial charge in [-0.15, -0.1) is 0 Å². The van der Waals surface area contributed by atoms with Crippen LogP contribution in [-0.4, -0.2) is 70.0 Å².